The Kier molecular flexibility index (Phi) is 7.94. The van der Waals surface area contributed by atoms with Crippen molar-refractivity contribution in [3.05, 3.63) is 35.4 Å². The highest BCUT2D eigenvalue weighted by molar-refractivity contribution is 7.99. The van der Waals surface area contributed by atoms with Gasteiger partial charge in [-0.2, -0.15) is 10.5 Å². The van der Waals surface area contributed by atoms with Gasteiger partial charge in [0.05, 0.1) is 23.8 Å². The van der Waals surface area contributed by atoms with Crippen LogP contribution in [0.2, 0.25) is 0 Å². The zero-order valence-corrected chi connectivity index (χ0v) is 20.4. The number of hydrogen-bond donors (Lipinski definition) is 0. The average molecular weight is 450 g/mol. The van der Waals surface area contributed by atoms with Gasteiger partial charge in [0.25, 0.3) is 0 Å². The first kappa shape index (κ1) is 23.8. The molecule has 2 aromatic carbocycles. The van der Waals surface area contributed by atoms with Gasteiger partial charge in [0, 0.05) is 11.4 Å². The van der Waals surface area contributed by atoms with E-state index < -0.39 is 0 Å². The Morgan fingerprint density at radius 1 is 0.938 bits per heavy atom. The van der Waals surface area contributed by atoms with Crippen molar-refractivity contribution in [2.45, 2.75) is 57.3 Å². The third-order valence-corrected chi connectivity index (χ3v) is 6.21. The molecule has 6 heteroatoms. The first-order valence-corrected chi connectivity index (χ1v) is 12.1. The molecule has 0 aliphatic carbocycles. The van der Waals surface area contributed by atoms with Crippen molar-refractivity contribution < 1.29 is 9.47 Å². The maximum Gasteiger partial charge on any atom is 0.163 e. The Hall–Kier alpha value is -2.83. The second kappa shape index (κ2) is 10.7. The molecule has 2 aromatic rings. The van der Waals surface area contributed by atoms with Gasteiger partial charge in [-0.1, -0.05) is 64.9 Å². The molecule has 0 saturated carbocycles. The number of unbranched alkanes of at least 4 members (excludes halogenated alkanes) is 1. The Bertz CT molecular complexity index is 1050. The number of ether oxygens (including phenoxy) is 2. The van der Waals surface area contributed by atoms with Gasteiger partial charge >= 0.3 is 0 Å². The summed E-state index contributed by atoms with van der Waals surface area (Å²) < 4.78 is 12.5. The fraction of sp³-hybridized carbons (Fsp3) is 0.462. The summed E-state index contributed by atoms with van der Waals surface area (Å²) in [4.78, 5) is 4.20. The summed E-state index contributed by atoms with van der Waals surface area (Å²) >= 11 is 1.59. The Balaban J connectivity index is 2.32. The number of rotatable bonds is 9. The summed E-state index contributed by atoms with van der Waals surface area (Å²) in [5.74, 6) is 1.55. The van der Waals surface area contributed by atoms with E-state index in [2.05, 4.69) is 63.8 Å². The van der Waals surface area contributed by atoms with Crippen molar-refractivity contribution in [2.24, 2.45) is 11.8 Å². The van der Waals surface area contributed by atoms with Crippen LogP contribution in [-0.4, -0.2) is 19.8 Å². The minimum atomic E-state index is 0.257. The highest BCUT2D eigenvalue weighted by Crippen LogP contribution is 2.57. The third-order valence-electron chi connectivity index (χ3n) is 5.06. The number of fused-ring (bicyclic) bond motifs is 2. The van der Waals surface area contributed by atoms with E-state index in [4.69, 9.17) is 9.47 Å². The first-order valence-electron chi connectivity index (χ1n) is 11.3. The van der Waals surface area contributed by atoms with Gasteiger partial charge in [-0.3, -0.25) is 0 Å². The summed E-state index contributed by atoms with van der Waals surface area (Å²) in [6.45, 7) is 12.2. The van der Waals surface area contributed by atoms with Crippen molar-refractivity contribution >= 4 is 23.1 Å². The average Bonchev–Trinajstić information content (AvgIpc) is 2.78. The lowest BCUT2D eigenvalue weighted by atomic mass is 10.0. The van der Waals surface area contributed by atoms with E-state index in [0.29, 0.717) is 24.7 Å². The Morgan fingerprint density at radius 2 is 1.53 bits per heavy atom. The first-order chi connectivity index (χ1) is 15.4. The van der Waals surface area contributed by atoms with Crippen molar-refractivity contribution in [1.82, 2.24) is 0 Å². The summed E-state index contributed by atoms with van der Waals surface area (Å²) in [6.07, 6.45) is 2.04. The van der Waals surface area contributed by atoms with E-state index in [0.717, 1.165) is 40.6 Å². The monoisotopic (exact) mass is 449 g/mol. The molecule has 0 spiro atoms. The molecule has 0 aromatic heterocycles. The van der Waals surface area contributed by atoms with Crippen LogP contribution in [0.15, 0.2) is 34.1 Å². The SMILES string of the molecule is CCCCN1c2ccccc2Sc2c(OCC(C)C)c(C#N)c(C#N)c(OCC(C)C)c21. The fourth-order valence-corrected chi connectivity index (χ4v) is 4.75. The molecule has 0 atom stereocenters. The lowest BCUT2D eigenvalue weighted by molar-refractivity contribution is 0.258. The second-order valence-electron chi connectivity index (χ2n) is 8.79. The van der Waals surface area contributed by atoms with Gasteiger partial charge < -0.3 is 14.4 Å². The maximum atomic E-state index is 10.1. The number of anilines is 2. The van der Waals surface area contributed by atoms with Crippen LogP contribution >= 0.6 is 11.8 Å². The zero-order chi connectivity index (χ0) is 23.3. The molecule has 0 amide bonds. The lowest BCUT2D eigenvalue weighted by Gasteiger charge is -2.36. The van der Waals surface area contributed by atoms with Crippen LogP contribution in [0, 0.1) is 34.5 Å². The van der Waals surface area contributed by atoms with Crippen LogP contribution in [0.1, 0.15) is 58.6 Å². The predicted octanol–water partition coefficient (Wildman–Crippen LogP) is 6.90. The van der Waals surface area contributed by atoms with Crippen LogP contribution in [-0.2, 0) is 0 Å². The van der Waals surface area contributed by atoms with Gasteiger partial charge in [0.15, 0.2) is 11.5 Å². The second-order valence-corrected chi connectivity index (χ2v) is 9.85. The molecule has 1 aliphatic heterocycles. The van der Waals surface area contributed by atoms with E-state index in [9.17, 15) is 10.5 Å². The van der Waals surface area contributed by atoms with E-state index in [1.165, 1.54) is 0 Å². The van der Waals surface area contributed by atoms with Gasteiger partial charge in [-0.15, -0.1) is 0 Å². The summed E-state index contributed by atoms with van der Waals surface area (Å²) in [5, 5.41) is 20.1. The number of nitriles is 2. The molecule has 3 rings (SSSR count). The molecule has 0 radical (unpaired) electrons. The Labute approximate surface area is 195 Å². The van der Waals surface area contributed by atoms with Crippen LogP contribution in [0.5, 0.6) is 11.5 Å². The van der Waals surface area contributed by atoms with E-state index in [1.54, 1.807) is 11.8 Å². The molecule has 0 bridgehead atoms. The molecule has 168 valence electrons. The highest BCUT2D eigenvalue weighted by atomic mass is 32.2. The molecule has 0 saturated heterocycles. The zero-order valence-electron chi connectivity index (χ0n) is 19.6. The molecule has 5 nitrogen and oxygen atoms in total. The number of hydrogen-bond acceptors (Lipinski definition) is 6. The lowest BCUT2D eigenvalue weighted by Crippen LogP contribution is -2.24. The van der Waals surface area contributed by atoms with Crippen LogP contribution in [0.25, 0.3) is 0 Å². The van der Waals surface area contributed by atoms with Crippen molar-refractivity contribution in [3.63, 3.8) is 0 Å². The summed E-state index contributed by atoms with van der Waals surface area (Å²) in [5.41, 5.74) is 2.45. The van der Waals surface area contributed by atoms with Gasteiger partial charge in [0.1, 0.15) is 29.0 Å². The standard InChI is InChI=1S/C26H31N3O2S/c1-6-7-12-29-21-10-8-9-11-22(21)32-26-23(29)24(30-15-17(2)3)19(13-27)20(14-28)25(26)31-16-18(4)5/h8-11,17-18H,6-7,12,15-16H2,1-5H3. The smallest absolute Gasteiger partial charge is 0.163 e. The van der Waals surface area contributed by atoms with Crippen molar-refractivity contribution in [2.75, 3.05) is 24.7 Å². The molecule has 0 unspecified atom stereocenters. The highest BCUT2D eigenvalue weighted by Gasteiger charge is 2.35. The molecular weight excluding hydrogens is 418 g/mol. The third kappa shape index (κ3) is 4.81. The van der Waals surface area contributed by atoms with E-state index in [1.807, 2.05) is 12.1 Å². The topological polar surface area (TPSA) is 69.3 Å². The molecule has 0 fully saturated rings. The predicted molar refractivity (Wildman–Crippen MR) is 129 cm³/mol. The number of benzene rings is 2. The molecular formula is C26H31N3O2S. The van der Waals surface area contributed by atoms with Crippen LogP contribution in [0.4, 0.5) is 11.4 Å². The number of para-hydroxylation sites is 1. The molecule has 0 N–H and O–H groups in total. The molecule has 1 aliphatic rings. The van der Waals surface area contributed by atoms with Gasteiger partial charge in [-0.05, 0) is 30.4 Å². The Morgan fingerprint density at radius 3 is 2.12 bits per heavy atom. The maximum absolute atomic E-state index is 10.1. The minimum absolute atomic E-state index is 0.257. The minimum Gasteiger partial charge on any atom is -0.491 e. The molecule has 32 heavy (non-hydrogen) atoms. The summed E-state index contributed by atoms with van der Waals surface area (Å²) in [7, 11) is 0. The van der Waals surface area contributed by atoms with Crippen LogP contribution in [0.3, 0.4) is 0 Å². The largest absolute Gasteiger partial charge is 0.491 e. The molecule has 1 heterocycles. The summed E-state index contributed by atoms with van der Waals surface area (Å²) in [6, 6.07) is 12.7. The van der Waals surface area contributed by atoms with Crippen molar-refractivity contribution in [3.8, 4) is 23.6 Å². The van der Waals surface area contributed by atoms with Gasteiger partial charge in [0.2, 0.25) is 0 Å². The normalized spacial score (nSPS) is 12.2. The fourth-order valence-electron chi connectivity index (χ4n) is 3.55. The van der Waals surface area contributed by atoms with Crippen LogP contribution < -0.4 is 14.4 Å². The van der Waals surface area contributed by atoms with Gasteiger partial charge in [-0.25, -0.2) is 0 Å². The quantitative estimate of drug-likeness (QED) is 0.414. The van der Waals surface area contributed by atoms with E-state index >= 15 is 0 Å². The van der Waals surface area contributed by atoms with E-state index in [-0.39, 0.29) is 23.0 Å². The number of nitrogens with zero attached hydrogens (tertiary/aromatic N) is 3. The van der Waals surface area contributed by atoms with Crippen molar-refractivity contribution in [1.29, 1.82) is 10.5 Å².